The predicted octanol–water partition coefficient (Wildman–Crippen LogP) is 4.01. The van der Waals surface area contributed by atoms with Crippen molar-refractivity contribution < 1.29 is 32.3 Å². The fraction of sp³-hybridized carbons (Fsp3) is 0.250. The number of benzene rings is 3. The zero-order chi connectivity index (χ0) is 28.0. The maximum Gasteiger partial charge on any atom is 0.337 e. The van der Waals surface area contributed by atoms with Crippen molar-refractivity contribution in [3.05, 3.63) is 94.0 Å². The van der Waals surface area contributed by atoms with Gasteiger partial charge >= 0.3 is 11.9 Å². The zero-order valence-corrected chi connectivity index (χ0v) is 22.7. The van der Waals surface area contributed by atoms with Crippen molar-refractivity contribution in [1.82, 2.24) is 4.31 Å². The van der Waals surface area contributed by atoms with Gasteiger partial charge in [0.05, 0.1) is 36.8 Å². The molecule has 1 N–H and O–H groups in total. The second-order valence-electron chi connectivity index (χ2n) is 8.82. The summed E-state index contributed by atoms with van der Waals surface area (Å²) in [5, 5.41) is 2.60. The standard InChI is InChI=1S/C28H30N2O7S/c1-18-11-19(2)26(20(3)12-18)38(34,35)30(16-21-9-7-6-8-10-21)17-25(31)29-24-14-22(27(32)36-4)13-23(15-24)28(33)37-5/h6-15H,16-17H2,1-5H3,(H,29,31). The molecule has 0 atom stereocenters. The van der Waals surface area contributed by atoms with Gasteiger partial charge in [0.15, 0.2) is 0 Å². The van der Waals surface area contributed by atoms with Crippen LogP contribution in [0.4, 0.5) is 5.69 Å². The number of hydrogen-bond acceptors (Lipinski definition) is 7. The van der Waals surface area contributed by atoms with Crippen LogP contribution >= 0.6 is 0 Å². The largest absolute Gasteiger partial charge is 0.465 e. The number of rotatable bonds is 9. The van der Waals surface area contributed by atoms with Crippen LogP contribution < -0.4 is 5.32 Å². The Kier molecular flexibility index (Phi) is 9.03. The van der Waals surface area contributed by atoms with E-state index in [1.165, 1.54) is 32.4 Å². The molecule has 0 unspecified atom stereocenters. The topological polar surface area (TPSA) is 119 Å². The molecule has 1 amide bonds. The first-order valence-corrected chi connectivity index (χ1v) is 13.1. The average molecular weight is 539 g/mol. The molecule has 3 rings (SSSR count). The van der Waals surface area contributed by atoms with Gasteiger partial charge in [-0.05, 0) is 55.7 Å². The van der Waals surface area contributed by atoms with Crippen molar-refractivity contribution >= 4 is 33.6 Å². The maximum atomic E-state index is 13.9. The molecule has 0 saturated carbocycles. The van der Waals surface area contributed by atoms with Crippen molar-refractivity contribution in [2.24, 2.45) is 0 Å². The number of sulfonamides is 1. The van der Waals surface area contributed by atoms with E-state index >= 15 is 0 Å². The number of esters is 2. The molecule has 200 valence electrons. The number of amides is 1. The van der Waals surface area contributed by atoms with E-state index in [1.807, 2.05) is 13.0 Å². The third kappa shape index (κ3) is 6.64. The van der Waals surface area contributed by atoms with Gasteiger partial charge in [-0.3, -0.25) is 4.79 Å². The number of anilines is 1. The molecule has 0 aliphatic carbocycles. The molecular formula is C28H30N2O7S. The number of carbonyl (C=O) groups excluding carboxylic acids is 3. The number of aryl methyl sites for hydroxylation is 3. The molecule has 3 aromatic rings. The molecule has 0 saturated heterocycles. The molecule has 0 fully saturated rings. The number of nitrogens with one attached hydrogen (secondary N) is 1. The third-order valence-electron chi connectivity index (χ3n) is 5.78. The number of carbonyl (C=O) groups is 3. The van der Waals surface area contributed by atoms with Crippen molar-refractivity contribution in [3.63, 3.8) is 0 Å². The van der Waals surface area contributed by atoms with Crippen LogP contribution in [-0.4, -0.2) is 51.3 Å². The normalized spacial score (nSPS) is 11.2. The fourth-order valence-corrected chi connectivity index (χ4v) is 6.04. The van der Waals surface area contributed by atoms with Crippen LogP contribution in [0.25, 0.3) is 0 Å². The summed E-state index contributed by atoms with van der Waals surface area (Å²) in [6.45, 7) is 4.77. The number of methoxy groups -OCH3 is 2. The molecule has 38 heavy (non-hydrogen) atoms. The van der Waals surface area contributed by atoms with Gasteiger partial charge in [0.2, 0.25) is 15.9 Å². The van der Waals surface area contributed by atoms with Gasteiger partial charge in [0, 0.05) is 12.2 Å². The summed E-state index contributed by atoms with van der Waals surface area (Å²) < 4.78 is 38.3. The van der Waals surface area contributed by atoms with Gasteiger partial charge in [-0.15, -0.1) is 0 Å². The van der Waals surface area contributed by atoms with Crippen LogP contribution in [0.1, 0.15) is 43.0 Å². The molecule has 0 bridgehead atoms. The second kappa shape index (κ2) is 12.0. The highest BCUT2D eigenvalue weighted by molar-refractivity contribution is 7.89. The summed E-state index contributed by atoms with van der Waals surface area (Å²) in [6.07, 6.45) is 0. The summed E-state index contributed by atoms with van der Waals surface area (Å²) in [5.74, 6) is -2.10. The molecule has 0 spiro atoms. The lowest BCUT2D eigenvalue weighted by Gasteiger charge is -2.24. The lowest BCUT2D eigenvalue weighted by molar-refractivity contribution is -0.116. The van der Waals surface area contributed by atoms with Crippen molar-refractivity contribution in [1.29, 1.82) is 0 Å². The smallest absolute Gasteiger partial charge is 0.337 e. The Morgan fingerprint density at radius 2 is 1.34 bits per heavy atom. The van der Waals surface area contributed by atoms with E-state index in [9.17, 15) is 22.8 Å². The summed E-state index contributed by atoms with van der Waals surface area (Å²) >= 11 is 0. The highest BCUT2D eigenvalue weighted by atomic mass is 32.2. The molecule has 0 aromatic heterocycles. The first-order chi connectivity index (χ1) is 18.0. The van der Waals surface area contributed by atoms with E-state index in [2.05, 4.69) is 5.32 Å². The summed E-state index contributed by atoms with van der Waals surface area (Å²) in [4.78, 5) is 37.5. The van der Waals surface area contributed by atoms with Crippen LogP contribution in [0.5, 0.6) is 0 Å². The molecule has 0 aliphatic heterocycles. The van der Waals surface area contributed by atoms with Crippen LogP contribution in [0.3, 0.4) is 0 Å². The Balaban J connectivity index is 1.98. The van der Waals surface area contributed by atoms with Gasteiger partial charge in [0.25, 0.3) is 0 Å². The minimum absolute atomic E-state index is 0.0189. The monoisotopic (exact) mass is 538 g/mol. The Hall–Kier alpha value is -4.02. The van der Waals surface area contributed by atoms with Crippen molar-refractivity contribution in [3.8, 4) is 0 Å². The van der Waals surface area contributed by atoms with Crippen molar-refractivity contribution in [2.45, 2.75) is 32.2 Å². The number of hydrogen-bond donors (Lipinski definition) is 1. The van der Waals surface area contributed by atoms with E-state index < -0.39 is 34.4 Å². The SMILES string of the molecule is COC(=O)c1cc(NC(=O)CN(Cc2ccccc2)S(=O)(=O)c2c(C)cc(C)cc2C)cc(C(=O)OC)c1. The van der Waals surface area contributed by atoms with Crippen molar-refractivity contribution in [2.75, 3.05) is 26.1 Å². The number of nitrogens with zero attached hydrogens (tertiary/aromatic N) is 1. The average Bonchev–Trinajstić information content (AvgIpc) is 2.86. The number of ether oxygens (including phenoxy) is 2. The van der Waals surface area contributed by atoms with Crippen LogP contribution in [0.15, 0.2) is 65.6 Å². The molecule has 10 heteroatoms. The summed E-state index contributed by atoms with van der Waals surface area (Å²) in [7, 11) is -1.72. The predicted molar refractivity (Wildman–Crippen MR) is 142 cm³/mol. The highest BCUT2D eigenvalue weighted by Crippen LogP contribution is 2.27. The lowest BCUT2D eigenvalue weighted by atomic mass is 10.1. The van der Waals surface area contributed by atoms with Gasteiger partial charge in [-0.1, -0.05) is 48.0 Å². The fourth-order valence-electron chi connectivity index (χ4n) is 4.25. The van der Waals surface area contributed by atoms with Gasteiger partial charge in [-0.2, -0.15) is 4.31 Å². The molecular weight excluding hydrogens is 508 g/mol. The molecule has 3 aromatic carbocycles. The van der Waals surface area contributed by atoms with E-state index in [4.69, 9.17) is 9.47 Å². The van der Waals surface area contributed by atoms with E-state index in [1.54, 1.807) is 50.2 Å². The first-order valence-electron chi connectivity index (χ1n) is 11.7. The molecule has 9 nitrogen and oxygen atoms in total. The lowest BCUT2D eigenvalue weighted by Crippen LogP contribution is -2.38. The maximum absolute atomic E-state index is 13.9. The van der Waals surface area contributed by atoms with Crippen LogP contribution in [0.2, 0.25) is 0 Å². The van der Waals surface area contributed by atoms with E-state index in [-0.39, 0.29) is 28.3 Å². The summed E-state index contributed by atoms with van der Waals surface area (Å²) in [6, 6.07) is 16.5. The second-order valence-corrected chi connectivity index (χ2v) is 10.7. The van der Waals surface area contributed by atoms with Gasteiger partial charge in [0.1, 0.15) is 0 Å². The van der Waals surface area contributed by atoms with Gasteiger partial charge < -0.3 is 14.8 Å². The first kappa shape index (κ1) is 28.5. The minimum atomic E-state index is -4.09. The molecule has 0 heterocycles. The Morgan fingerprint density at radius 3 is 1.84 bits per heavy atom. The van der Waals surface area contributed by atoms with Crippen LogP contribution in [0, 0.1) is 20.8 Å². The Morgan fingerprint density at radius 1 is 0.816 bits per heavy atom. The molecule has 0 radical (unpaired) electrons. The third-order valence-corrected chi connectivity index (χ3v) is 7.88. The van der Waals surface area contributed by atoms with E-state index in [0.29, 0.717) is 16.7 Å². The van der Waals surface area contributed by atoms with Gasteiger partial charge in [-0.25, -0.2) is 18.0 Å². The van der Waals surface area contributed by atoms with E-state index in [0.717, 1.165) is 9.87 Å². The molecule has 0 aliphatic rings. The quantitative estimate of drug-likeness (QED) is 0.409. The van der Waals surface area contributed by atoms with Crippen LogP contribution in [-0.2, 0) is 30.8 Å². The Labute approximate surface area is 222 Å². The summed E-state index contributed by atoms with van der Waals surface area (Å²) in [5.41, 5.74) is 2.93. The highest BCUT2D eigenvalue weighted by Gasteiger charge is 2.30. The Bertz CT molecular complexity index is 1410. The minimum Gasteiger partial charge on any atom is -0.465 e. The zero-order valence-electron chi connectivity index (χ0n) is 21.9.